The zero-order valence-corrected chi connectivity index (χ0v) is 22.0. The first-order valence-electron chi connectivity index (χ1n) is 11.1. The smallest absolute Gasteiger partial charge is 0.357 e. The van der Waals surface area contributed by atoms with E-state index in [0.717, 1.165) is 51.5 Å². The fraction of sp³-hybridized carbons (Fsp3) is 0.952. The molecule has 0 aromatic rings. The summed E-state index contributed by atoms with van der Waals surface area (Å²) in [5.74, 6) is 1.15. The molecule has 30 heavy (non-hydrogen) atoms. The lowest BCUT2D eigenvalue weighted by Gasteiger charge is -2.30. The number of guanidine groups is 1. The number of hydrogen-bond donors (Lipinski definition) is 1. The summed E-state index contributed by atoms with van der Waals surface area (Å²) in [4.78, 5) is 11.0. The highest BCUT2D eigenvalue weighted by Gasteiger charge is 2.33. The molecule has 1 unspecified atom stereocenters. The van der Waals surface area contributed by atoms with Gasteiger partial charge in [-0.05, 0) is 59.9 Å². The number of nitrogens with one attached hydrogen (secondary N) is 1. The van der Waals surface area contributed by atoms with Crippen molar-refractivity contribution in [3.05, 3.63) is 0 Å². The molecular formula is C21H43F3IN5. The second-order valence-electron chi connectivity index (χ2n) is 8.56. The molecule has 0 amide bonds. The Balaban J connectivity index is 0.00000841. The number of likely N-dealkylation sites (tertiary alicyclic amines) is 1. The number of alkyl halides is 3. The molecule has 180 valence electrons. The van der Waals surface area contributed by atoms with E-state index in [0.29, 0.717) is 25.2 Å². The molecule has 1 aliphatic rings. The molecule has 0 aliphatic carbocycles. The van der Waals surface area contributed by atoms with Gasteiger partial charge in [-0.1, -0.05) is 6.92 Å². The van der Waals surface area contributed by atoms with E-state index in [1.165, 1.54) is 4.90 Å². The summed E-state index contributed by atoms with van der Waals surface area (Å²) in [6, 6.07) is 1.04. The molecule has 0 spiro atoms. The average molecular weight is 550 g/mol. The van der Waals surface area contributed by atoms with Gasteiger partial charge in [-0.15, -0.1) is 24.0 Å². The molecule has 1 N–H and O–H groups in total. The topological polar surface area (TPSA) is 34.1 Å². The van der Waals surface area contributed by atoms with Crippen LogP contribution >= 0.6 is 24.0 Å². The van der Waals surface area contributed by atoms with Crippen molar-refractivity contribution >= 4 is 29.9 Å². The van der Waals surface area contributed by atoms with Gasteiger partial charge >= 0.3 is 6.18 Å². The van der Waals surface area contributed by atoms with E-state index >= 15 is 0 Å². The van der Waals surface area contributed by atoms with Gasteiger partial charge < -0.3 is 10.2 Å². The fourth-order valence-corrected chi connectivity index (χ4v) is 4.07. The van der Waals surface area contributed by atoms with Crippen molar-refractivity contribution in [2.75, 3.05) is 52.4 Å². The molecule has 0 radical (unpaired) electrons. The van der Waals surface area contributed by atoms with E-state index < -0.39 is 12.7 Å². The Hall–Kier alpha value is -0.290. The summed E-state index contributed by atoms with van der Waals surface area (Å²) >= 11 is 0. The minimum atomic E-state index is -4.13. The van der Waals surface area contributed by atoms with E-state index in [4.69, 9.17) is 4.99 Å². The van der Waals surface area contributed by atoms with Gasteiger partial charge in [-0.25, -0.2) is 0 Å². The maximum Gasteiger partial charge on any atom is 0.401 e. The normalized spacial score (nSPS) is 18.1. The molecule has 5 nitrogen and oxygen atoms in total. The van der Waals surface area contributed by atoms with E-state index in [-0.39, 0.29) is 29.9 Å². The maximum absolute atomic E-state index is 12.7. The van der Waals surface area contributed by atoms with Gasteiger partial charge in [0.1, 0.15) is 0 Å². The van der Waals surface area contributed by atoms with Gasteiger partial charge in [0.25, 0.3) is 0 Å². The predicted octanol–water partition coefficient (Wildman–Crippen LogP) is 4.28. The average Bonchev–Trinajstić information content (AvgIpc) is 3.06. The van der Waals surface area contributed by atoms with Gasteiger partial charge in [-0.3, -0.25) is 14.8 Å². The summed E-state index contributed by atoms with van der Waals surface area (Å²) < 4.78 is 38.2. The largest absolute Gasteiger partial charge is 0.401 e. The zero-order chi connectivity index (χ0) is 22.0. The van der Waals surface area contributed by atoms with Crippen molar-refractivity contribution in [3.63, 3.8) is 0 Å². The van der Waals surface area contributed by atoms with E-state index in [1.54, 1.807) is 6.92 Å². The highest BCUT2D eigenvalue weighted by atomic mass is 127. The van der Waals surface area contributed by atoms with Crippen LogP contribution in [0.2, 0.25) is 0 Å². The second kappa shape index (κ2) is 14.7. The molecular weight excluding hydrogens is 506 g/mol. The van der Waals surface area contributed by atoms with Crippen LogP contribution in [0.25, 0.3) is 0 Å². The number of rotatable bonds is 11. The monoisotopic (exact) mass is 549 g/mol. The Kier molecular flexibility index (Phi) is 14.6. The van der Waals surface area contributed by atoms with Crippen molar-refractivity contribution in [3.8, 4) is 0 Å². The Morgan fingerprint density at radius 3 is 2.30 bits per heavy atom. The molecule has 9 heteroatoms. The van der Waals surface area contributed by atoms with Gasteiger partial charge in [0, 0.05) is 51.4 Å². The van der Waals surface area contributed by atoms with Gasteiger partial charge in [-0.2, -0.15) is 13.2 Å². The molecule has 1 heterocycles. The Morgan fingerprint density at radius 1 is 1.17 bits per heavy atom. The van der Waals surface area contributed by atoms with E-state index in [9.17, 15) is 13.2 Å². The molecule has 0 saturated carbocycles. The Labute approximate surface area is 198 Å². The minimum absolute atomic E-state index is 0. The van der Waals surface area contributed by atoms with Crippen molar-refractivity contribution in [1.82, 2.24) is 20.0 Å². The van der Waals surface area contributed by atoms with Gasteiger partial charge in [0.15, 0.2) is 5.96 Å². The van der Waals surface area contributed by atoms with Crippen LogP contribution in [-0.2, 0) is 0 Å². The summed E-state index contributed by atoms with van der Waals surface area (Å²) in [5, 5.41) is 3.35. The predicted molar refractivity (Wildman–Crippen MR) is 131 cm³/mol. The molecule has 1 atom stereocenters. The van der Waals surface area contributed by atoms with Crippen LogP contribution in [-0.4, -0.2) is 91.3 Å². The minimum Gasteiger partial charge on any atom is -0.357 e. The molecule has 1 saturated heterocycles. The maximum atomic E-state index is 12.7. The lowest BCUT2D eigenvalue weighted by molar-refractivity contribution is -0.146. The molecule has 0 aromatic carbocycles. The molecule has 1 fully saturated rings. The summed E-state index contributed by atoms with van der Waals surface area (Å²) in [7, 11) is 0. The first-order chi connectivity index (χ1) is 13.6. The van der Waals surface area contributed by atoms with E-state index in [1.807, 2.05) is 6.92 Å². The van der Waals surface area contributed by atoms with Crippen LogP contribution in [0.3, 0.4) is 0 Å². The third-order valence-corrected chi connectivity index (χ3v) is 5.45. The first-order valence-corrected chi connectivity index (χ1v) is 11.1. The van der Waals surface area contributed by atoms with Gasteiger partial charge in [0.2, 0.25) is 0 Å². The van der Waals surface area contributed by atoms with Crippen LogP contribution in [0.4, 0.5) is 13.2 Å². The zero-order valence-electron chi connectivity index (χ0n) is 19.6. The summed E-state index contributed by atoms with van der Waals surface area (Å²) in [6.07, 6.45) is -2.23. The third-order valence-electron chi connectivity index (χ3n) is 5.45. The molecule has 0 bridgehead atoms. The Bertz CT molecular complexity index is 478. The number of nitrogens with zero attached hydrogens (tertiary/aromatic N) is 4. The molecule has 1 rings (SSSR count). The number of halogens is 4. The van der Waals surface area contributed by atoms with Crippen molar-refractivity contribution < 1.29 is 13.2 Å². The lowest BCUT2D eigenvalue weighted by atomic mass is 10.1. The number of aliphatic imine (C=N–C) groups is 1. The fourth-order valence-electron chi connectivity index (χ4n) is 4.07. The standard InChI is InChI=1S/C21H42F3N5.HI/c1-7-25-20(26-11-9-12-29(17(3)4)18(5)6)28-13-10-19(15-28)14-27(8-2)16-21(22,23)24;/h17-19H,7-16H2,1-6H3,(H,25,26);1H. The lowest BCUT2D eigenvalue weighted by Crippen LogP contribution is -2.42. The second-order valence-corrected chi connectivity index (χ2v) is 8.56. The Morgan fingerprint density at radius 2 is 1.80 bits per heavy atom. The van der Waals surface area contributed by atoms with Crippen molar-refractivity contribution in [2.24, 2.45) is 10.9 Å². The van der Waals surface area contributed by atoms with Crippen LogP contribution in [0.5, 0.6) is 0 Å². The quantitative estimate of drug-likeness (QED) is 0.181. The highest BCUT2D eigenvalue weighted by Crippen LogP contribution is 2.21. The third kappa shape index (κ3) is 11.4. The van der Waals surface area contributed by atoms with Crippen LogP contribution in [0.15, 0.2) is 4.99 Å². The van der Waals surface area contributed by atoms with Crippen molar-refractivity contribution in [2.45, 2.75) is 72.6 Å². The van der Waals surface area contributed by atoms with E-state index in [2.05, 4.69) is 42.8 Å². The molecule has 0 aromatic heterocycles. The summed E-state index contributed by atoms with van der Waals surface area (Å²) in [5.41, 5.74) is 0. The highest BCUT2D eigenvalue weighted by molar-refractivity contribution is 14.0. The van der Waals surface area contributed by atoms with Crippen molar-refractivity contribution in [1.29, 1.82) is 0 Å². The number of hydrogen-bond acceptors (Lipinski definition) is 3. The van der Waals surface area contributed by atoms with Gasteiger partial charge in [0.05, 0.1) is 6.54 Å². The molecule has 1 aliphatic heterocycles. The first kappa shape index (κ1) is 29.7. The SMILES string of the molecule is CCNC(=NCCCN(C(C)C)C(C)C)N1CCC(CN(CC)CC(F)(F)F)C1.I. The van der Waals surface area contributed by atoms with Crippen LogP contribution in [0.1, 0.15) is 54.4 Å². The summed E-state index contributed by atoms with van der Waals surface area (Å²) in [6.45, 7) is 17.0. The van der Waals surface area contributed by atoms with Crippen LogP contribution < -0.4 is 5.32 Å². The van der Waals surface area contributed by atoms with Crippen LogP contribution in [0, 0.1) is 5.92 Å².